The summed E-state index contributed by atoms with van der Waals surface area (Å²) in [5.41, 5.74) is -1.97. The zero-order valence-electron chi connectivity index (χ0n) is 18.0. The first-order valence-corrected chi connectivity index (χ1v) is 10.1. The van der Waals surface area contributed by atoms with Crippen LogP contribution >= 0.6 is 0 Å². The molecule has 0 aliphatic heterocycles. The van der Waals surface area contributed by atoms with Gasteiger partial charge in [-0.3, -0.25) is 9.36 Å². The molecule has 4 rings (SSSR count). The van der Waals surface area contributed by atoms with Gasteiger partial charge >= 0.3 is 12.4 Å². The largest absolute Gasteiger partial charge is 0.416 e. The molecule has 4 nitrogen and oxygen atoms in total. The number of imidazole rings is 1. The summed E-state index contributed by atoms with van der Waals surface area (Å²) in [7, 11) is 1.24. The summed E-state index contributed by atoms with van der Waals surface area (Å²) in [6, 6.07) is 13.1. The molecule has 11 heteroatoms. The van der Waals surface area contributed by atoms with Gasteiger partial charge in [0.15, 0.2) is 0 Å². The Morgan fingerprint density at radius 1 is 0.886 bits per heavy atom. The first-order valence-electron chi connectivity index (χ1n) is 10.1. The Labute approximate surface area is 194 Å². The molecule has 0 radical (unpaired) electrons. The van der Waals surface area contributed by atoms with Gasteiger partial charge in [-0.15, -0.1) is 0 Å². The number of aromatic nitrogens is 2. The van der Waals surface area contributed by atoms with E-state index in [1.54, 1.807) is 24.3 Å². The number of halogens is 7. The third kappa shape index (κ3) is 4.98. The molecule has 35 heavy (non-hydrogen) atoms. The van der Waals surface area contributed by atoms with Gasteiger partial charge in [0, 0.05) is 19.3 Å². The van der Waals surface area contributed by atoms with E-state index in [1.807, 2.05) is 0 Å². The average Bonchev–Trinajstić information content (AvgIpc) is 3.17. The van der Waals surface area contributed by atoms with Crippen molar-refractivity contribution in [2.24, 2.45) is 0 Å². The van der Waals surface area contributed by atoms with Crippen LogP contribution in [-0.4, -0.2) is 27.4 Å². The number of carbonyl (C=O) groups is 1. The highest BCUT2D eigenvalue weighted by Gasteiger charge is 2.37. The van der Waals surface area contributed by atoms with E-state index in [-0.39, 0.29) is 17.5 Å². The topological polar surface area (TPSA) is 38.1 Å². The molecule has 1 heterocycles. The molecular formula is C24H16F7N3O. The Kier molecular flexibility index (Phi) is 6.04. The second-order valence-electron chi connectivity index (χ2n) is 7.81. The molecule has 0 saturated carbocycles. The highest BCUT2D eigenvalue weighted by Crippen LogP contribution is 2.36. The molecule has 1 aromatic heterocycles. The first kappa shape index (κ1) is 24.2. The van der Waals surface area contributed by atoms with Gasteiger partial charge in [0.05, 0.1) is 22.2 Å². The molecule has 0 N–H and O–H groups in total. The van der Waals surface area contributed by atoms with Crippen LogP contribution in [0.2, 0.25) is 0 Å². The molecule has 0 fully saturated rings. The van der Waals surface area contributed by atoms with Gasteiger partial charge < -0.3 is 4.90 Å². The number of para-hydroxylation sites is 2. The second kappa shape index (κ2) is 8.71. The maximum absolute atomic E-state index is 13.4. The summed E-state index contributed by atoms with van der Waals surface area (Å²) in [6.45, 7) is -0.543. The van der Waals surface area contributed by atoms with Crippen LogP contribution in [0.4, 0.5) is 30.7 Å². The van der Waals surface area contributed by atoms with Crippen LogP contribution in [0, 0.1) is 5.82 Å². The van der Waals surface area contributed by atoms with E-state index in [0.29, 0.717) is 28.9 Å². The van der Waals surface area contributed by atoms with Crippen molar-refractivity contribution >= 4 is 16.9 Å². The molecule has 0 aliphatic carbocycles. The quantitative estimate of drug-likeness (QED) is 0.304. The lowest BCUT2D eigenvalue weighted by atomic mass is 10.0. The number of benzene rings is 3. The van der Waals surface area contributed by atoms with Gasteiger partial charge in [-0.05, 0) is 60.2 Å². The van der Waals surface area contributed by atoms with Crippen molar-refractivity contribution in [1.29, 1.82) is 0 Å². The summed E-state index contributed by atoms with van der Waals surface area (Å²) in [6.07, 6.45) is -10.0. The fourth-order valence-corrected chi connectivity index (χ4v) is 3.65. The van der Waals surface area contributed by atoms with Gasteiger partial charge in [0.2, 0.25) is 5.82 Å². The van der Waals surface area contributed by atoms with Crippen LogP contribution < -0.4 is 0 Å². The predicted octanol–water partition coefficient (Wildman–Crippen LogP) is 6.47. The molecule has 0 unspecified atom stereocenters. The van der Waals surface area contributed by atoms with Crippen LogP contribution in [0.3, 0.4) is 0 Å². The van der Waals surface area contributed by atoms with E-state index in [4.69, 9.17) is 0 Å². The number of hydrogen-bond donors (Lipinski definition) is 0. The first-order chi connectivity index (χ1) is 16.3. The fourth-order valence-electron chi connectivity index (χ4n) is 3.65. The summed E-state index contributed by atoms with van der Waals surface area (Å²) in [5, 5.41) is 0. The van der Waals surface area contributed by atoms with E-state index in [1.165, 1.54) is 35.9 Å². The maximum atomic E-state index is 13.4. The van der Waals surface area contributed by atoms with Gasteiger partial charge in [0.25, 0.3) is 5.91 Å². The van der Waals surface area contributed by atoms with E-state index < -0.39 is 41.7 Å². The van der Waals surface area contributed by atoms with Crippen molar-refractivity contribution in [3.05, 3.63) is 95.1 Å². The highest BCUT2D eigenvalue weighted by molar-refractivity contribution is 5.96. The van der Waals surface area contributed by atoms with Crippen LogP contribution in [-0.2, 0) is 18.9 Å². The minimum absolute atomic E-state index is 0.0271. The van der Waals surface area contributed by atoms with Crippen molar-refractivity contribution in [3.63, 3.8) is 0 Å². The second-order valence-corrected chi connectivity index (χ2v) is 7.81. The standard InChI is InChI=1S/C24H16F7N3O/c1-33(13-14-10-15(23(26,27)28)12-16(11-14)24(29,30)31)22(35)21-32-19-4-2-3-5-20(19)34(21)18-8-6-17(25)7-9-18/h2-12H,13H2,1H3. The van der Waals surface area contributed by atoms with Crippen LogP contribution in [0.5, 0.6) is 0 Å². The molecule has 1 amide bonds. The predicted molar refractivity (Wildman–Crippen MR) is 113 cm³/mol. The summed E-state index contributed by atoms with van der Waals surface area (Å²) < 4.78 is 94.1. The van der Waals surface area contributed by atoms with Gasteiger partial charge in [-0.25, -0.2) is 9.37 Å². The lowest BCUT2D eigenvalue weighted by Gasteiger charge is -2.20. The smallest absolute Gasteiger partial charge is 0.335 e. The number of alkyl halides is 6. The Bertz CT molecular complexity index is 1360. The highest BCUT2D eigenvalue weighted by atomic mass is 19.4. The van der Waals surface area contributed by atoms with E-state index in [0.717, 1.165) is 4.90 Å². The Balaban J connectivity index is 1.74. The lowest BCUT2D eigenvalue weighted by Crippen LogP contribution is -2.29. The number of rotatable bonds is 4. The van der Waals surface area contributed by atoms with Gasteiger partial charge in [-0.2, -0.15) is 26.3 Å². The third-order valence-corrected chi connectivity index (χ3v) is 5.25. The monoisotopic (exact) mass is 495 g/mol. The number of fused-ring (bicyclic) bond motifs is 1. The molecule has 0 saturated heterocycles. The number of hydrogen-bond acceptors (Lipinski definition) is 2. The minimum Gasteiger partial charge on any atom is -0.335 e. The van der Waals surface area contributed by atoms with Crippen molar-refractivity contribution in [1.82, 2.24) is 14.5 Å². The lowest BCUT2D eigenvalue weighted by molar-refractivity contribution is -0.143. The van der Waals surface area contributed by atoms with E-state index in [2.05, 4.69) is 4.98 Å². The fraction of sp³-hybridized carbons (Fsp3) is 0.167. The summed E-state index contributed by atoms with van der Waals surface area (Å²) >= 11 is 0. The van der Waals surface area contributed by atoms with Gasteiger partial charge in [-0.1, -0.05) is 12.1 Å². The molecular weight excluding hydrogens is 479 g/mol. The molecule has 182 valence electrons. The Hall–Kier alpha value is -3.89. The maximum Gasteiger partial charge on any atom is 0.416 e. The molecule has 3 aromatic carbocycles. The van der Waals surface area contributed by atoms with Crippen LogP contribution in [0.15, 0.2) is 66.7 Å². The van der Waals surface area contributed by atoms with Crippen molar-refractivity contribution in [2.45, 2.75) is 18.9 Å². The zero-order valence-corrected chi connectivity index (χ0v) is 18.0. The van der Waals surface area contributed by atoms with E-state index >= 15 is 0 Å². The third-order valence-electron chi connectivity index (χ3n) is 5.25. The summed E-state index contributed by atoms with van der Waals surface area (Å²) in [5.74, 6) is -1.40. The normalized spacial score (nSPS) is 12.2. The molecule has 4 aromatic rings. The Morgan fingerprint density at radius 3 is 2.03 bits per heavy atom. The SMILES string of the molecule is CN(Cc1cc(C(F)(F)F)cc(C(F)(F)F)c1)C(=O)c1nc2ccccc2n1-c1ccc(F)cc1. The van der Waals surface area contributed by atoms with Crippen molar-refractivity contribution in [2.75, 3.05) is 7.05 Å². The zero-order chi connectivity index (χ0) is 25.5. The van der Waals surface area contributed by atoms with Crippen LogP contribution in [0.1, 0.15) is 27.3 Å². The van der Waals surface area contributed by atoms with Crippen molar-refractivity contribution in [3.8, 4) is 5.69 Å². The average molecular weight is 495 g/mol. The number of carbonyl (C=O) groups excluding carboxylic acids is 1. The molecule has 0 bridgehead atoms. The molecule has 0 atom stereocenters. The molecule has 0 spiro atoms. The van der Waals surface area contributed by atoms with Gasteiger partial charge in [0.1, 0.15) is 5.82 Å². The van der Waals surface area contributed by atoms with E-state index in [9.17, 15) is 35.5 Å². The number of amides is 1. The Morgan fingerprint density at radius 2 is 1.46 bits per heavy atom. The molecule has 0 aliphatic rings. The van der Waals surface area contributed by atoms with Crippen molar-refractivity contribution < 1.29 is 35.5 Å². The minimum atomic E-state index is -5.00. The van der Waals surface area contributed by atoms with Crippen LogP contribution in [0.25, 0.3) is 16.7 Å². The summed E-state index contributed by atoms with van der Waals surface area (Å²) in [4.78, 5) is 18.5. The number of nitrogens with zero attached hydrogens (tertiary/aromatic N) is 3.